The Kier molecular flexibility index (Phi) is 5.47. The van der Waals surface area contributed by atoms with Crippen molar-refractivity contribution in [2.24, 2.45) is 0 Å². The molecule has 4 nitrogen and oxygen atoms in total. The van der Waals surface area contributed by atoms with Crippen LogP contribution in [0.3, 0.4) is 0 Å². The summed E-state index contributed by atoms with van der Waals surface area (Å²) in [4.78, 5) is 16.4. The topological polar surface area (TPSA) is 54.0 Å². The summed E-state index contributed by atoms with van der Waals surface area (Å²) in [6.45, 7) is 4.42. The van der Waals surface area contributed by atoms with Gasteiger partial charge in [0.2, 0.25) is 0 Å². The van der Waals surface area contributed by atoms with Crippen LogP contribution < -0.4 is 10.6 Å². The minimum Gasteiger partial charge on any atom is -0.367 e. The van der Waals surface area contributed by atoms with E-state index in [1.54, 1.807) is 24.4 Å². The van der Waals surface area contributed by atoms with Gasteiger partial charge in [0.25, 0.3) is 5.91 Å². The number of hydrogen-bond donors (Lipinski definition) is 2. The minimum absolute atomic E-state index is 0.187. The van der Waals surface area contributed by atoms with Crippen LogP contribution in [-0.2, 0) is 6.42 Å². The highest BCUT2D eigenvalue weighted by molar-refractivity contribution is 5.98. The van der Waals surface area contributed by atoms with Gasteiger partial charge in [-0.1, -0.05) is 12.1 Å². The maximum atomic E-state index is 13.1. The van der Waals surface area contributed by atoms with E-state index in [2.05, 4.69) is 15.6 Å². The molecule has 0 fully saturated rings. The minimum atomic E-state index is -0.264. The maximum Gasteiger partial charge on any atom is 0.255 e. The van der Waals surface area contributed by atoms with Gasteiger partial charge in [0.1, 0.15) is 11.6 Å². The monoisotopic (exact) mass is 301 g/mol. The van der Waals surface area contributed by atoms with Crippen molar-refractivity contribution < 1.29 is 9.18 Å². The van der Waals surface area contributed by atoms with Gasteiger partial charge in [0, 0.05) is 18.8 Å². The smallest absolute Gasteiger partial charge is 0.255 e. The molecule has 1 aromatic heterocycles. The second kappa shape index (κ2) is 7.54. The summed E-state index contributed by atoms with van der Waals surface area (Å²) in [5.74, 6) is 0.118. The molecule has 0 atom stereocenters. The lowest BCUT2D eigenvalue weighted by Gasteiger charge is -2.13. The number of aromatic nitrogens is 1. The first-order valence-electron chi connectivity index (χ1n) is 7.30. The Bertz CT molecular complexity index is 643. The molecule has 5 heteroatoms. The number of carbonyl (C=O) groups excluding carboxylic acids is 1. The summed E-state index contributed by atoms with van der Waals surface area (Å²) < 4.78 is 13.1. The molecular formula is C17H20FN3O. The number of hydrogen-bond acceptors (Lipinski definition) is 3. The highest BCUT2D eigenvalue weighted by atomic mass is 19.1. The van der Waals surface area contributed by atoms with Crippen molar-refractivity contribution in [2.75, 3.05) is 11.9 Å². The van der Waals surface area contributed by atoms with Gasteiger partial charge in [0.05, 0.1) is 5.56 Å². The molecule has 0 aliphatic carbocycles. The molecule has 1 aromatic carbocycles. The Morgan fingerprint density at radius 1 is 1.27 bits per heavy atom. The van der Waals surface area contributed by atoms with E-state index in [1.165, 1.54) is 12.1 Å². The van der Waals surface area contributed by atoms with Crippen molar-refractivity contribution in [3.63, 3.8) is 0 Å². The average Bonchev–Trinajstić information content (AvgIpc) is 2.47. The third-order valence-corrected chi connectivity index (χ3v) is 3.07. The normalized spacial score (nSPS) is 10.5. The van der Waals surface area contributed by atoms with Crippen LogP contribution in [0.15, 0.2) is 42.6 Å². The van der Waals surface area contributed by atoms with E-state index in [0.717, 1.165) is 5.56 Å². The largest absolute Gasteiger partial charge is 0.367 e. The van der Waals surface area contributed by atoms with Crippen molar-refractivity contribution in [2.45, 2.75) is 26.3 Å². The van der Waals surface area contributed by atoms with E-state index in [4.69, 9.17) is 0 Å². The number of rotatable bonds is 6. The molecule has 0 saturated carbocycles. The first-order valence-corrected chi connectivity index (χ1v) is 7.30. The molecule has 22 heavy (non-hydrogen) atoms. The third-order valence-electron chi connectivity index (χ3n) is 3.07. The molecule has 0 radical (unpaired) electrons. The van der Waals surface area contributed by atoms with Gasteiger partial charge in [-0.05, 0) is 50.1 Å². The lowest BCUT2D eigenvalue weighted by atomic mass is 10.1. The van der Waals surface area contributed by atoms with Crippen molar-refractivity contribution in [3.8, 4) is 0 Å². The van der Waals surface area contributed by atoms with E-state index < -0.39 is 0 Å². The van der Waals surface area contributed by atoms with Gasteiger partial charge < -0.3 is 10.6 Å². The van der Waals surface area contributed by atoms with Crippen LogP contribution >= 0.6 is 0 Å². The van der Waals surface area contributed by atoms with Gasteiger partial charge >= 0.3 is 0 Å². The number of pyridine rings is 1. The standard InChI is InChI=1S/C17H20FN3O/c1-12(2)21-16-15(7-4-9-19-16)17(22)20-10-8-13-5-3-6-14(18)11-13/h3-7,9,11-12H,8,10H2,1-2H3,(H,19,21)(H,20,22). The zero-order valence-corrected chi connectivity index (χ0v) is 12.8. The first-order chi connectivity index (χ1) is 10.6. The van der Waals surface area contributed by atoms with Crippen molar-refractivity contribution in [1.29, 1.82) is 0 Å². The van der Waals surface area contributed by atoms with Crippen molar-refractivity contribution >= 4 is 11.7 Å². The van der Waals surface area contributed by atoms with Crippen LogP contribution in [-0.4, -0.2) is 23.5 Å². The fraction of sp³-hybridized carbons (Fsp3) is 0.294. The van der Waals surface area contributed by atoms with E-state index in [9.17, 15) is 9.18 Å². The molecular weight excluding hydrogens is 281 g/mol. The average molecular weight is 301 g/mol. The van der Waals surface area contributed by atoms with Crippen LogP contribution in [0.2, 0.25) is 0 Å². The zero-order chi connectivity index (χ0) is 15.9. The molecule has 2 rings (SSSR count). The van der Waals surface area contributed by atoms with Crippen LogP contribution in [0.1, 0.15) is 29.8 Å². The Labute approximate surface area is 129 Å². The molecule has 0 saturated heterocycles. The van der Waals surface area contributed by atoms with Crippen LogP contribution in [0.25, 0.3) is 0 Å². The molecule has 1 amide bonds. The van der Waals surface area contributed by atoms with Crippen LogP contribution in [0, 0.1) is 5.82 Å². The summed E-state index contributed by atoms with van der Waals surface area (Å²) in [5, 5.41) is 5.99. The van der Waals surface area contributed by atoms with Crippen LogP contribution in [0.4, 0.5) is 10.2 Å². The molecule has 0 aliphatic rings. The number of carbonyl (C=O) groups is 1. The predicted molar refractivity (Wildman–Crippen MR) is 85.4 cm³/mol. The SMILES string of the molecule is CC(C)Nc1ncccc1C(=O)NCCc1cccc(F)c1. The highest BCUT2D eigenvalue weighted by Gasteiger charge is 2.12. The third kappa shape index (κ3) is 4.55. The second-order valence-corrected chi connectivity index (χ2v) is 5.33. The number of amides is 1. The van der Waals surface area contributed by atoms with E-state index >= 15 is 0 Å². The summed E-state index contributed by atoms with van der Waals surface area (Å²) in [7, 11) is 0. The van der Waals surface area contributed by atoms with Gasteiger partial charge in [-0.2, -0.15) is 0 Å². The maximum absolute atomic E-state index is 13.1. The Morgan fingerprint density at radius 2 is 2.09 bits per heavy atom. The highest BCUT2D eigenvalue weighted by Crippen LogP contribution is 2.12. The zero-order valence-electron chi connectivity index (χ0n) is 12.8. The Hall–Kier alpha value is -2.43. The van der Waals surface area contributed by atoms with E-state index in [-0.39, 0.29) is 17.8 Å². The molecule has 116 valence electrons. The van der Waals surface area contributed by atoms with E-state index in [0.29, 0.717) is 24.3 Å². The molecule has 0 unspecified atom stereocenters. The second-order valence-electron chi connectivity index (χ2n) is 5.33. The number of nitrogens with zero attached hydrogens (tertiary/aromatic N) is 1. The predicted octanol–water partition coefficient (Wildman–Crippen LogP) is 3.01. The molecule has 0 aliphatic heterocycles. The number of anilines is 1. The Morgan fingerprint density at radius 3 is 2.82 bits per heavy atom. The molecule has 0 bridgehead atoms. The van der Waals surface area contributed by atoms with Gasteiger partial charge in [-0.25, -0.2) is 9.37 Å². The molecule has 1 heterocycles. The van der Waals surface area contributed by atoms with Gasteiger partial charge in [-0.15, -0.1) is 0 Å². The van der Waals surface area contributed by atoms with Crippen LogP contribution in [0.5, 0.6) is 0 Å². The number of nitrogens with one attached hydrogen (secondary N) is 2. The first kappa shape index (κ1) is 15.9. The van der Waals surface area contributed by atoms with Crippen molar-refractivity contribution in [3.05, 3.63) is 59.5 Å². The van der Waals surface area contributed by atoms with Crippen molar-refractivity contribution in [1.82, 2.24) is 10.3 Å². The van der Waals surface area contributed by atoms with Gasteiger partial charge in [0.15, 0.2) is 0 Å². The van der Waals surface area contributed by atoms with E-state index in [1.807, 2.05) is 19.9 Å². The molecule has 2 N–H and O–H groups in total. The number of halogens is 1. The summed E-state index contributed by atoms with van der Waals surface area (Å²) in [6.07, 6.45) is 2.23. The quantitative estimate of drug-likeness (QED) is 0.862. The van der Waals surface area contributed by atoms with Gasteiger partial charge in [-0.3, -0.25) is 4.79 Å². The lowest BCUT2D eigenvalue weighted by Crippen LogP contribution is -2.27. The number of benzene rings is 1. The lowest BCUT2D eigenvalue weighted by molar-refractivity contribution is 0.0954. The molecule has 2 aromatic rings. The Balaban J connectivity index is 1.95. The fourth-order valence-electron chi connectivity index (χ4n) is 2.09. The summed E-state index contributed by atoms with van der Waals surface area (Å²) in [5.41, 5.74) is 1.36. The summed E-state index contributed by atoms with van der Waals surface area (Å²) >= 11 is 0. The fourth-order valence-corrected chi connectivity index (χ4v) is 2.09. The molecule has 0 spiro atoms. The summed E-state index contributed by atoms with van der Waals surface area (Å²) in [6, 6.07) is 10.0.